The van der Waals surface area contributed by atoms with Gasteiger partial charge in [-0.15, -0.1) is 0 Å². The van der Waals surface area contributed by atoms with Crippen LogP contribution in [0.15, 0.2) is 42.5 Å². The van der Waals surface area contributed by atoms with Crippen LogP contribution in [0.3, 0.4) is 0 Å². The largest absolute Gasteiger partial charge is 0.494 e. The Hall–Kier alpha value is -2.33. The van der Waals surface area contributed by atoms with Crippen LogP contribution in [0.2, 0.25) is 0 Å². The molecule has 1 aliphatic rings. The Morgan fingerprint density at radius 2 is 2.08 bits per heavy atom. The van der Waals surface area contributed by atoms with Gasteiger partial charge in [0.2, 0.25) is 0 Å². The van der Waals surface area contributed by atoms with Crippen molar-refractivity contribution in [2.24, 2.45) is 0 Å². The van der Waals surface area contributed by atoms with Gasteiger partial charge in [0.05, 0.1) is 13.2 Å². The topological polar surface area (TPSA) is 58.6 Å². The maximum Gasteiger partial charge on any atom is 0.251 e. The predicted octanol–water partition coefficient (Wildman–Crippen LogP) is 3.35. The summed E-state index contributed by atoms with van der Waals surface area (Å²) < 4.78 is 5.51. The standard InChI is InChI=1S/C21H25NO3/c1-3-25-19-11-10-17(13-15(19)2)20(23)22-14-21(24)12-6-8-16-7-4-5-9-18(16)21/h4-5,7,9-11,13,24H,3,6,8,12,14H2,1-2H3,(H,22,23). The van der Waals surface area contributed by atoms with Crippen molar-refractivity contribution in [2.45, 2.75) is 38.7 Å². The summed E-state index contributed by atoms with van der Waals surface area (Å²) in [7, 11) is 0. The number of hydrogen-bond acceptors (Lipinski definition) is 3. The third-order valence-corrected chi connectivity index (χ3v) is 4.83. The Morgan fingerprint density at radius 3 is 2.84 bits per heavy atom. The average Bonchev–Trinajstić information content (AvgIpc) is 2.62. The molecule has 0 aromatic heterocycles. The Bertz CT molecular complexity index is 771. The smallest absolute Gasteiger partial charge is 0.251 e. The number of benzene rings is 2. The second-order valence-electron chi connectivity index (χ2n) is 6.64. The molecule has 2 aromatic rings. The fourth-order valence-corrected chi connectivity index (χ4v) is 3.52. The maximum atomic E-state index is 12.5. The molecule has 132 valence electrons. The van der Waals surface area contributed by atoms with Crippen LogP contribution < -0.4 is 10.1 Å². The normalized spacial score (nSPS) is 19.2. The van der Waals surface area contributed by atoms with E-state index < -0.39 is 5.60 Å². The highest BCUT2D eigenvalue weighted by atomic mass is 16.5. The molecule has 1 unspecified atom stereocenters. The first-order chi connectivity index (χ1) is 12.0. The zero-order valence-corrected chi connectivity index (χ0v) is 14.8. The Kier molecular flexibility index (Phi) is 5.09. The Morgan fingerprint density at radius 1 is 1.28 bits per heavy atom. The molecular formula is C21H25NO3. The second-order valence-corrected chi connectivity index (χ2v) is 6.64. The zero-order valence-electron chi connectivity index (χ0n) is 14.8. The molecule has 0 saturated heterocycles. The number of carbonyl (C=O) groups excluding carboxylic acids is 1. The van der Waals surface area contributed by atoms with Gasteiger partial charge in [0, 0.05) is 5.56 Å². The van der Waals surface area contributed by atoms with Gasteiger partial charge in [0.1, 0.15) is 11.4 Å². The lowest BCUT2D eigenvalue weighted by molar-refractivity contribution is 0.0189. The molecule has 2 aromatic carbocycles. The summed E-state index contributed by atoms with van der Waals surface area (Å²) >= 11 is 0. The predicted molar refractivity (Wildman–Crippen MR) is 98.0 cm³/mol. The number of amides is 1. The number of aliphatic hydroxyl groups is 1. The first-order valence-electron chi connectivity index (χ1n) is 8.86. The van der Waals surface area contributed by atoms with Gasteiger partial charge in [-0.3, -0.25) is 4.79 Å². The van der Waals surface area contributed by atoms with E-state index in [9.17, 15) is 9.90 Å². The SMILES string of the molecule is CCOc1ccc(C(=O)NCC2(O)CCCc3ccccc32)cc1C. The lowest BCUT2D eigenvalue weighted by atomic mass is 9.79. The molecule has 0 saturated carbocycles. The Labute approximate surface area is 148 Å². The molecule has 0 radical (unpaired) electrons. The van der Waals surface area contributed by atoms with Crippen molar-refractivity contribution < 1.29 is 14.6 Å². The number of ether oxygens (including phenoxy) is 1. The van der Waals surface area contributed by atoms with Crippen molar-refractivity contribution >= 4 is 5.91 Å². The van der Waals surface area contributed by atoms with Gasteiger partial charge in [0.15, 0.2) is 0 Å². The van der Waals surface area contributed by atoms with Gasteiger partial charge in [-0.25, -0.2) is 0 Å². The third-order valence-electron chi connectivity index (χ3n) is 4.83. The summed E-state index contributed by atoms with van der Waals surface area (Å²) in [5.41, 5.74) is 2.61. The summed E-state index contributed by atoms with van der Waals surface area (Å²) in [6, 6.07) is 13.3. The van der Waals surface area contributed by atoms with E-state index >= 15 is 0 Å². The van der Waals surface area contributed by atoms with Crippen LogP contribution >= 0.6 is 0 Å². The van der Waals surface area contributed by atoms with E-state index in [0.29, 0.717) is 18.6 Å². The van der Waals surface area contributed by atoms with Crippen molar-refractivity contribution in [3.05, 3.63) is 64.7 Å². The van der Waals surface area contributed by atoms with Gasteiger partial charge in [-0.05, 0) is 68.0 Å². The van der Waals surface area contributed by atoms with Crippen molar-refractivity contribution in [2.75, 3.05) is 13.2 Å². The molecule has 4 nitrogen and oxygen atoms in total. The van der Waals surface area contributed by atoms with Gasteiger partial charge in [-0.1, -0.05) is 24.3 Å². The fraction of sp³-hybridized carbons (Fsp3) is 0.381. The molecule has 0 aliphatic heterocycles. The number of rotatable bonds is 5. The third kappa shape index (κ3) is 3.69. The minimum atomic E-state index is -0.995. The van der Waals surface area contributed by atoms with Crippen LogP contribution in [-0.4, -0.2) is 24.2 Å². The average molecular weight is 339 g/mol. The molecule has 4 heteroatoms. The highest BCUT2D eigenvalue weighted by molar-refractivity contribution is 5.94. The van der Waals surface area contributed by atoms with Gasteiger partial charge >= 0.3 is 0 Å². The van der Waals surface area contributed by atoms with Gasteiger partial charge in [0.25, 0.3) is 5.91 Å². The summed E-state index contributed by atoms with van der Waals surface area (Å²) in [5, 5.41) is 14.0. The van der Waals surface area contributed by atoms with Crippen molar-refractivity contribution in [3.63, 3.8) is 0 Å². The molecular weight excluding hydrogens is 314 g/mol. The first kappa shape index (κ1) is 17.5. The molecule has 0 fully saturated rings. The Balaban J connectivity index is 1.71. The second kappa shape index (κ2) is 7.28. The molecule has 25 heavy (non-hydrogen) atoms. The van der Waals surface area contributed by atoms with E-state index in [0.717, 1.165) is 29.7 Å². The number of aryl methyl sites for hydroxylation is 2. The van der Waals surface area contributed by atoms with Gasteiger partial charge < -0.3 is 15.2 Å². The van der Waals surface area contributed by atoms with Crippen molar-refractivity contribution in [3.8, 4) is 5.75 Å². The summed E-state index contributed by atoms with van der Waals surface area (Å²) in [4.78, 5) is 12.5. The molecule has 2 N–H and O–H groups in total. The number of nitrogens with one attached hydrogen (secondary N) is 1. The van der Waals surface area contributed by atoms with Crippen LogP contribution in [0.1, 0.15) is 46.8 Å². The number of carbonyl (C=O) groups is 1. The van der Waals surface area contributed by atoms with Crippen LogP contribution in [0.4, 0.5) is 0 Å². The molecule has 1 amide bonds. The van der Waals surface area contributed by atoms with Crippen molar-refractivity contribution in [1.29, 1.82) is 0 Å². The van der Waals surface area contributed by atoms with Crippen molar-refractivity contribution in [1.82, 2.24) is 5.32 Å². The highest BCUT2D eigenvalue weighted by Gasteiger charge is 2.34. The number of fused-ring (bicyclic) bond motifs is 1. The summed E-state index contributed by atoms with van der Waals surface area (Å²) in [5.74, 6) is 0.613. The van der Waals surface area contributed by atoms with E-state index in [1.165, 1.54) is 5.56 Å². The van der Waals surface area contributed by atoms with E-state index in [4.69, 9.17) is 4.74 Å². The lowest BCUT2D eigenvalue weighted by Gasteiger charge is -2.34. The van der Waals surface area contributed by atoms with E-state index in [1.807, 2.05) is 44.2 Å². The van der Waals surface area contributed by atoms with Crippen LogP contribution in [0, 0.1) is 6.92 Å². The molecule has 3 rings (SSSR count). The number of hydrogen-bond donors (Lipinski definition) is 2. The molecule has 0 spiro atoms. The fourth-order valence-electron chi connectivity index (χ4n) is 3.52. The maximum absolute atomic E-state index is 12.5. The van der Waals surface area contributed by atoms with Crippen LogP contribution in [0.5, 0.6) is 5.75 Å². The summed E-state index contributed by atoms with van der Waals surface area (Å²) in [6.07, 6.45) is 2.56. The van der Waals surface area contributed by atoms with Crippen LogP contribution in [0.25, 0.3) is 0 Å². The van der Waals surface area contributed by atoms with Crippen LogP contribution in [-0.2, 0) is 12.0 Å². The minimum Gasteiger partial charge on any atom is -0.494 e. The van der Waals surface area contributed by atoms with Gasteiger partial charge in [-0.2, -0.15) is 0 Å². The highest BCUT2D eigenvalue weighted by Crippen LogP contribution is 2.34. The molecule has 1 atom stereocenters. The molecule has 0 heterocycles. The minimum absolute atomic E-state index is 0.178. The summed E-state index contributed by atoms with van der Waals surface area (Å²) in [6.45, 7) is 4.67. The molecule has 0 bridgehead atoms. The zero-order chi connectivity index (χ0) is 17.9. The van der Waals surface area contributed by atoms with E-state index in [2.05, 4.69) is 11.4 Å². The molecule has 1 aliphatic carbocycles. The first-order valence-corrected chi connectivity index (χ1v) is 8.86. The lowest BCUT2D eigenvalue weighted by Crippen LogP contribution is -2.43. The quantitative estimate of drug-likeness (QED) is 0.878. The monoisotopic (exact) mass is 339 g/mol. The van der Waals surface area contributed by atoms with E-state index in [1.54, 1.807) is 6.07 Å². The van der Waals surface area contributed by atoms with E-state index in [-0.39, 0.29) is 12.5 Å².